The number of carbonyl (C=O) groups excluding carboxylic acids is 2. The Hall–Kier alpha value is -5.03. The molecule has 43 heavy (non-hydrogen) atoms. The highest BCUT2D eigenvalue weighted by Gasteiger charge is 2.34. The van der Waals surface area contributed by atoms with Crippen molar-refractivity contribution < 1.29 is 22.9 Å². The van der Waals surface area contributed by atoms with Crippen LogP contribution in [-0.4, -0.2) is 49.7 Å². The van der Waals surface area contributed by atoms with Crippen molar-refractivity contribution >= 4 is 33.2 Å². The number of benzene rings is 4. The molecule has 1 atom stereocenters. The first-order valence-electron chi connectivity index (χ1n) is 13.5. The molecule has 11 heteroatoms. The summed E-state index contributed by atoms with van der Waals surface area (Å²) in [5.74, 6) is -1.03. The first-order chi connectivity index (χ1) is 20.6. The van der Waals surface area contributed by atoms with E-state index in [0.29, 0.717) is 0 Å². The number of hydrogen-bond acceptors (Lipinski definition) is 6. The number of carbonyl (C=O) groups is 2. The molecule has 10 nitrogen and oxygen atoms in total. The fourth-order valence-corrected chi connectivity index (χ4v) is 6.04. The molecule has 0 bridgehead atoms. The summed E-state index contributed by atoms with van der Waals surface area (Å²) in [4.78, 5) is 39.5. The molecular weight excluding hydrogens is 568 g/mol. The Labute approximate surface area is 250 Å². The van der Waals surface area contributed by atoms with Crippen LogP contribution in [0.25, 0.3) is 0 Å². The molecule has 4 rings (SSSR count). The predicted octanol–water partition coefficient (Wildman–Crippen LogP) is 4.48. The molecule has 0 saturated heterocycles. The van der Waals surface area contributed by atoms with Gasteiger partial charge in [0.1, 0.15) is 12.6 Å². The Morgan fingerprint density at radius 1 is 0.837 bits per heavy atom. The van der Waals surface area contributed by atoms with E-state index in [9.17, 15) is 28.1 Å². The van der Waals surface area contributed by atoms with Crippen LogP contribution in [0.2, 0.25) is 0 Å². The molecule has 0 aliphatic rings. The summed E-state index contributed by atoms with van der Waals surface area (Å²) >= 11 is 0. The quantitative estimate of drug-likeness (QED) is 0.189. The molecule has 0 aliphatic heterocycles. The summed E-state index contributed by atoms with van der Waals surface area (Å²) in [5.41, 5.74) is 2.44. The van der Waals surface area contributed by atoms with Gasteiger partial charge in [0.15, 0.2) is 0 Å². The number of nitro groups is 1. The summed E-state index contributed by atoms with van der Waals surface area (Å²) in [7, 11) is -2.81. The highest BCUT2D eigenvalue weighted by atomic mass is 32.2. The standard InChI is InChI=1S/C32H32N4O6S/c1-24-13-15-26(16-14-24)22-34(30(32(38)33-2)21-25-9-5-3-6-10-25)31(37)23-35(27-17-19-28(20-18-27)36(39)40)43(41,42)29-11-7-4-8-12-29/h3-20,30H,21-23H2,1-2H3,(H,33,38)/t30-/m0/s1. The molecule has 0 fully saturated rings. The third kappa shape index (κ3) is 7.63. The Morgan fingerprint density at radius 3 is 1.98 bits per heavy atom. The lowest BCUT2D eigenvalue weighted by Crippen LogP contribution is -2.53. The van der Waals surface area contributed by atoms with Crippen molar-refractivity contribution in [2.45, 2.75) is 30.8 Å². The number of hydrogen-bond donors (Lipinski definition) is 1. The van der Waals surface area contributed by atoms with Gasteiger partial charge in [-0.2, -0.15) is 0 Å². The van der Waals surface area contributed by atoms with E-state index >= 15 is 0 Å². The number of rotatable bonds is 12. The molecule has 0 unspecified atom stereocenters. The van der Waals surface area contributed by atoms with Gasteiger partial charge in [-0.05, 0) is 42.3 Å². The lowest BCUT2D eigenvalue weighted by atomic mass is 10.0. The zero-order valence-electron chi connectivity index (χ0n) is 23.8. The van der Waals surface area contributed by atoms with Gasteiger partial charge < -0.3 is 10.2 Å². The maximum atomic E-state index is 14.2. The first-order valence-corrected chi connectivity index (χ1v) is 15.0. The van der Waals surface area contributed by atoms with Crippen molar-refractivity contribution in [3.8, 4) is 0 Å². The van der Waals surface area contributed by atoms with E-state index in [1.807, 2.05) is 61.5 Å². The van der Waals surface area contributed by atoms with Crippen LogP contribution in [-0.2, 0) is 32.6 Å². The molecule has 4 aromatic rings. The average molecular weight is 601 g/mol. The highest BCUT2D eigenvalue weighted by Crippen LogP contribution is 2.27. The molecule has 1 N–H and O–H groups in total. The first kappa shape index (κ1) is 30.9. The smallest absolute Gasteiger partial charge is 0.269 e. The topological polar surface area (TPSA) is 130 Å². The normalized spacial score (nSPS) is 11.8. The maximum Gasteiger partial charge on any atom is 0.269 e. The number of amides is 2. The Morgan fingerprint density at radius 2 is 1.42 bits per heavy atom. The number of nitrogens with zero attached hydrogens (tertiary/aromatic N) is 3. The van der Waals surface area contributed by atoms with Gasteiger partial charge in [-0.15, -0.1) is 0 Å². The zero-order valence-corrected chi connectivity index (χ0v) is 24.6. The van der Waals surface area contributed by atoms with Crippen LogP contribution in [0.1, 0.15) is 16.7 Å². The van der Waals surface area contributed by atoms with E-state index in [4.69, 9.17) is 0 Å². The van der Waals surface area contributed by atoms with E-state index in [2.05, 4.69) is 5.32 Å². The van der Waals surface area contributed by atoms with Crippen molar-refractivity contribution in [1.29, 1.82) is 0 Å². The van der Waals surface area contributed by atoms with Crippen LogP contribution in [0.4, 0.5) is 11.4 Å². The molecular formula is C32H32N4O6S. The second kappa shape index (κ2) is 13.8. The fourth-order valence-electron chi connectivity index (χ4n) is 4.60. The molecule has 0 heterocycles. The van der Waals surface area contributed by atoms with E-state index in [0.717, 1.165) is 21.0 Å². The van der Waals surface area contributed by atoms with Crippen molar-refractivity contribution in [3.05, 3.63) is 136 Å². The Bertz CT molecular complexity index is 1660. The number of nitrogens with one attached hydrogen (secondary N) is 1. The number of non-ortho nitro benzene ring substituents is 1. The van der Waals surface area contributed by atoms with Crippen LogP contribution in [0, 0.1) is 17.0 Å². The van der Waals surface area contributed by atoms with Crippen molar-refractivity contribution in [2.75, 3.05) is 17.9 Å². The summed E-state index contributed by atoms with van der Waals surface area (Å²) in [6, 6.07) is 28.3. The Balaban J connectivity index is 1.78. The second-order valence-corrected chi connectivity index (χ2v) is 11.8. The second-order valence-electron chi connectivity index (χ2n) is 9.93. The Kier molecular flexibility index (Phi) is 9.89. The predicted molar refractivity (Wildman–Crippen MR) is 164 cm³/mol. The maximum absolute atomic E-state index is 14.2. The molecule has 0 saturated carbocycles. The summed E-state index contributed by atoms with van der Waals surface area (Å²) in [6.07, 6.45) is 0.196. The van der Waals surface area contributed by atoms with E-state index in [1.54, 1.807) is 18.2 Å². The molecule has 0 aromatic heterocycles. The third-order valence-electron chi connectivity index (χ3n) is 6.95. The largest absolute Gasteiger partial charge is 0.357 e. The van der Waals surface area contributed by atoms with E-state index in [1.165, 1.54) is 48.3 Å². The molecule has 2 amide bonds. The lowest BCUT2D eigenvalue weighted by Gasteiger charge is -2.33. The van der Waals surface area contributed by atoms with Gasteiger partial charge in [0, 0.05) is 32.1 Å². The molecule has 4 aromatic carbocycles. The van der Waals surface area contributed by atoms with Gasteiger partial charge in [0.25, 0.3) is 15.7 Å². The lowest BCUT2D eigenvalue weighted by molar-refractivity contribution is -0.384. The third-order valence-corrected chi connectivity index (χ3v) is 8.74. The van der Waals surface area contributed by atoms with E-state index < -0.39 is 39.3 Å². The molecule has 0 spiro atoms. The van der Waals surface area contributed by atoms with Gasteiger partial charge in [-0.25, -0.2) is 8.42 Å². The summed E-state index contributed by atoms with van der Waals surface area (Å²) < 4.78 is 28.7. The fraction of sp³-hybridized carbons (Fsp3) is 0.188. The minimum absolute atomic E-state index is 0.0452. The number of nitro benzene ring substituents is 1. The summed E-state index contributed by atoms with van der Waals surface area (Å²) in [6.45, 7) is 1.33. The number of likely N-dealkylation sites (N-methyl/N-ethyl adjacent to an activating group) is 1. The van der Waals surface area contributed by atoms with Crippen LogP contribution < -0.4 is 9.62 Å². The SMILES string of the molecule is CNC(=O)[C@H](Cc1ccccc1)N(Cc1ccc(C)cc1)C(=O)CN(c1ccc([N+](=O)[O-])cc1)S(=O)(=O)c1ccccc1. The van der Waals surface area contributed by atoms with Crippen molar-refractivity contribution in [1.82, 2.24) is 10.2 Å². The minimum atomic E-state index is -4.29. The molecule has 0 radical (unpaired) electrons. The van der Waals surface area contributed by atoms with Gasteiger partial charge >= 0.3 is 0 Å². The van der Waals surface area contributed by atoms with Crippen LogP contribution in [0.15, 0.2) is 114 Å². The highest BCUT2D eigenvalue weighted by molar-refractivity contribution is 7.92. The van der Waals surface area contributed by atoms with E-state index in [-0.39, 0.29) is 29.2 Å². The van der Waals surface area contributed by atoms with Gasteiger partial charge in [0.05, 0.1) is 15.5 Å². The number of anilines is 1. The van der Waals surface area contributed by atoms with Gasteiger partial charge in [0.2, 0.25) is 11.8 Å². The van der Waals surface area contributed by atoms with Crippen LogP contribution in [0.3, 0.4) is 0 Å². The minimum Gasteiger partial charge on any atom is -0.357 e. The van der Waals surface area contributed by atoms with Gasteiger partial charge in [-0.1, -0.05) is 78.4 Å². The average Bonchev–Trinajstić information content (AvgIpc) is 3.02. The molecule has 222 valence electrons. The van der Waals surface area contributed by atoms with Gasteiger partial charge in [-0.3, -0.25) is 24.0 Å². The monoisotopic (exact) mass is 600 g/mol. The van der Waals surface area contributed by atoms with Crippen molar-refractivity contribution in [3.63, 3.8) is 0 Å². The zero-order chi connectivity index (χ0) is 31.0. The van der Waals surface area contributed by atoms with Crippen LogP contribution in [0.5, 0.6) is 0 Å². The number of aryl methyl sites for hydroxylation is 1. The number of sulfonamides is 1. The van der Waals surface area contributed by atoms with Crippen molar-refractivity contribution in [2.24, 2.45) is 0 Å². The molecule has 0 aliphatic carbocycles. The summed E-state index contributed by atoms with van der Waals surface area (Å²) in [5, 5.41) is 13.9. The van der Waals surface area contributed by atoms with Crippen LogP contribution >= 0.6 is 0 Å².